The van der Waals surface area contributed by atoms with E-state index in [1.165, 1.54) is 24.5 Å². The number of rotatable bonds is 2. The van der Waals surface area contributed by atoms with E-state index in [1.807, 2.05) is 0 Å². The predicted molar refractivity (Wildman–Crippen MR) is 69.6 cm³/mol. The lowest BCUT2D eigenvalue weighted by Crippen LogP contribution is -2.25. The first-order valence-electron chi connectivity index (χ1n) is 6.42. The highest BCUT2D eigenvalue weighted by Gasteiger charge is 2.31. The third-order valence-corrected chi connectivity index (χ3v) is 3.22. The van der Waals surface area contributed by atoms with Crippen LogP contribution in [0, 0.1) is 0 Å². The third-order valence-electron chi connectivity index (χ3n) is 3.22. The van der Waals surface area contributed by atoms with Crippen molar-refractivity contribution < 1.29 is 17.9 Å². The molecule has 0 aliphatic carbocycles. The molecular formula is C14H12F3N3O. The highest BCUT2D eigenvalue weighted by Crippen LogP contribution is 2.30. The zero-order valence-electron chi connectivity index (χ0n) is 10.9. The van der Waals surface area contributed by atoms with Crippen LogP contribution in [-0.4, -0.2) is 22.9 Å². The predicted octanol–water partition coefficient (Wildman–Crippen LogP) is 2.69. The first-order chi connectivity index (χ1) is 10.0. The summed E-state index contributed by atoms with van der Waals surface area (Å²) in [5.41, 5.74) is 3.08. The molecule has 0 unspecified atom stereocenters. The molecule has 0 bridgehead atoms. The number of aromatic nitrogens is 2. The van der Waals surface area contributed by atoms with E-state index in [0.717, 1.165) is 24.2 Å². The van der Waals surface area contributed by atoms with Crippen molar-refractivity contribution in [2.75, 3.05) is 6.54 Å². The van der Waals surface area contributed by atoms with Gasteiger partial charge in [-0.3, -0.25) is 0 Å². The Balaban J connectivity index is 1.99. The van der Waals surface area contributed by atoms with Gasteiger partial charge in [-0.05, 0) is 12.1 Å². The molecule has 0 atom stereocenters. The summed E-state index contributed by atoms with van der Waals surface area (Å²) in [7, 11) is 0. The second-order valence-electron chi connectivity index (χ2n) is 4.65. The van der Waals surface area contributed by atoms with Crippen molar-refractivity contribution in [3.8, 4) is 17.0 Å². The number of nitrogens with zero attached hydrogens (tertiary/aromatic N) is 2. The number of alkyl halides is 3. The van der Waals surface area contributed by atoms with Gasteiger partial charge in [0.25, 0.3) is 0 Å². The summed E-state index contributed by atoms with van der Waals surface area (Å²) in [6.07, 6.45) is -2.48. The van der Waals surface area contributed by atoms with E-state index in [2.05, 4.69) is 20.0 Å². The Morgan fingerprint density at radius 3 is 2.86 bits per heavy atom. The Labute approximate surface area is 119 Å². The SMILES string of the molecule is FC(F)(F)Oc1cccc(-c2ncnc3c2CNCC3)c1. The molecule has 1 aliphatic heterocycles. The molecule has 0 spiro atoms. The van der Waals surface area contributed by atoms with Crippen molar-refractivity contribution in [1.29, 1.82) is 0 Å². The highest BCUT2D eigenvalue weighted by atomic mass is 19.4. The van der Waals surface area contributed by atoms with Crippen LogP contribution in [0.5, 0.6) is 5.75 Å². The molecule has 0 amide bonds. The van der Waals surface area contributed by atoms with E-state index in [-0.39, 0.29) is 5.75 Å². The summed E-state index contributed by atoms with van der Waals surface area (Å²) in [6, 6.07) is 5.83. The van der Waals surface area contributed by atoms with Crippen molar-refractivity contribution in [3.63, 3.8) is 0 Å². The van der Waals surface area contributed by atoms with Crippen LogP contribution < -0.4 is 10.1 Å². The van der Waals surface area contributed by atoms with E-state index < -0.39 is 6.36 Å². The van der Waals surface area contributed by atoms with Crippen molar-refractivity contribution >= 4 is 0 Å². The van der Waals surface area contributed by atoms with Gasteiger partial charge >= 0.3 is 6.36 Å². The molecule has 0 saturated carbocycles. The Kier molecular flexibility index (Phi) is 3.50. The maximum atomic E-state index is 12.3. The molecule has 0 saturated heterocycles. The number of halogens is 3. The quantitative estimate of drug-likeness (QED) is 0.925. The van der Waals surface area contributed by atoms with Crippen LogP contribution in [0.1, 0.15) is 11.3 Å². The second-order valence-corrected chi connectivity index (χ2v) is 4.65. The average Bonchev–Trinajstić information content (AvgIpc) is 2.45. The lowest BCUT2D eigenvalue weighted by Gasteiger charge is -2.18. The molecule has 0 fully saturated rings. The smallest absolute Gasteiger partial charge is 0.406 e. The van der Waals surface area contributed by atoms with Crippen LogP contribution in [0.4, 0.5) is 13.2 Å². The van der Waals surface area contributed by atoms with E-state index in [9.17, 15) is 13.2 Å². The molecule has 0 radical (unpaired) electrons. The fourth-order valence-corrected chi connectivity index (χ4v) is 2.36. The van der Waals surface area contributed by atoms with Gasteiger partial charge in [-0.1, -0.05) is 12.1 Å². The molecule has 4 nitrogen and oxygen atoms in total. The zero-order chi connectivity index (χ0) is 14.9. The van der Waals surface area contributed by atoms with Crippen LogP contribution in [0.15, 0.2) is 30.6 Å². The molecule has 110 valence electrons. The van der Waals surface area contributed by atoms with Gasteiger partial charge in [0.05, 0.1) is 11.4 Å². The Bertz CT molecular complexity index is 658. The Hall–Kier alpha value is -2.15. The van der Waals surface area contributed by atoms with Crippen molar-refractivity contribution in [2.45, 2.75) is 19.3 Å². The maximum Gasteiger partial charge on any atom is 0.573 e. The number of hydrogen-bond acceptors (Lipinski definition) is 4. The number of nitrogens with one attached hydrogen (secondary N) is 1. The number of fused-ring (bicyclic) bond motifs is 1. The van der Waals surface area contributed by atoms with Crippen LogP contribution >= 0.6 is 0 Å². The zero-order valence-corrected chi connectivity index (χ0v) is 10.9. The lowest BCUT2D eigenvalue weighted by molar-refractivity contribution is -0.274. The third kappa shape index (κ3) is 3.13. The summed E-state index contributed by atoms with van der Waals surface area (Å²) in [5, 5.41) is 3.21. The Morgan fingerprint density at radius 1 is 1.19 bits per heavy atom. The molecule has 7 heteroatoms. The minimum absolute atomic E-state index is 0.254. The fraction of sp³-hybridized carbons (Fsp3) is 0.286. The normalized spacial score (nSPS) is 14.6. The molecular weight excluding hydrogens is 283 g/mol. The van der Waals surface area contributed by atoms with Gasteiger partial charge in [-0.2, -0.15) is 0 Å². The summed E-state index contributed by atoms with van der Waals surface area (Å²) in [6.45, 7) is 1.44. The minimum atomic E-state index is -4.70. The van der Waals surface area contributed by atoms with Gasteiger partial charge in [-0.15, -0.1) is 13.2 Å². The monoisotopic (exact) mass is 295 g/mol. The van der Waals surface area contributed by atoms with E-state index in [0.29, 0.717) is 17.8 Å². The highest BCUT2D eigenvalue weighted by molar-refractivity contribution is 5.65. The van der Waals surface area contributed by atoms with Crippen LogP contribution in [0.2, 0.25) is 0 Å². The summed E-state index contributed by atoms with van der Waals surface area (Å²) in [5.74, 6) is -0.254. The molecule has 1 aromatic carbocycles. The first kappa shape index (κ1) is 13.8. The van der Waals surface area contributed by atoms with Crippen LogP contribution in [-0.2, 0) is 13.0 Å². The minimum Gasteiger partial charge on any atom is -0.406 e. The average molecular weight is 295 g/mol. The van der Waals surface area contributed by atoms with Gasteiger partial charge in [0.1, 0.15) is 12.1 Å². The van der Waals surface area contributed by atoms with Crippen LogP contribution in [0.3, 0.4) is 0 Å². The van der Waals surface area contributed by atoms with Crippen molar-refractivity contribution in [1.82, 2.24) is 15.3 Å². The maximum absolute atomic E-state index is 12.3. The fourth-order valence-electron chi connectivity index (χ4n) is 2.36. The van der Waals surface area contributed by atoms with Gasteiger partial charge in [0, 0.05) is 30.6 Å². The molecule has 1 aliphatic rings. The van der Waals surface area contributed by atoms with Crippen LogP contribution in [0.25, 0.3) is 11.3 Å². The first-order valence-corrected chi connectivity index (χ1v) is 6.42. The molecule has 1 N–H and O–H groups in total. The van der Waals surface area contributed by atoms with E-state index >= 15 is 0 Å². The van der Waals surface area contributed by atoms with Gasteiger partial charge < -0.3 is 10.1 Å². The number of hydrogen-bond donors (Lipinski definition) is 1. The molecule has 21 heavy (non-hydrogen) atoms. The number of benzene rings is 1. The number of ether oxygens (including phenoxy) is 1. The molecule has 2 aromatic rings. The van der Waals surface area contributed by atoms with E-state index in [4.69, 9.17) is 0 Å². The van der Waals surface area contributed by atoms with E-state index in [1.54, 1.807) is 6.07 Å². The molecule has 1 aromatic heterocycles. The summed E-state index contributed by atoms with van der Waals surface area (Å²) in [4.78, 5) is 8.44. The topological polar surface area (TPSA) is 47.0 Å². The largest absolute Gasteiger partial charge is 0.573 e. The second kappa shape index (κ2) is 5.33. The lowest BCUT2D eigenvalue weighted by atomic mass is 10.0. The van der Waals surface area contributed by atoms with Gasteiger partial charge in [0.2, 0.25) is 0 Å². The van der Waals surface area contributed by atoms with Gasteiger partial charge in [0.15, 0.2) is 0 Å². The van der Waals surface area contributed by atoms with Crippen molar-refractivity contribution in [3.05, 3.63) is 41.9 Å². The standard InChI is InChI=1S/C14H12F3N3O/c15-14(16,17)21-10-3-1-2-9(6-10)13-11-7-18-5-4-12(11)19-8-20-13/h1-3,6,8,18H,4-5,7H2. The van der Waals surface area contributed by atoms with Gasteiger partial charge in [-0.25, -0.2) is 9.97 Å². The summed E-state index contributed by atoms with van der Waals surface area (Å²) < 4.78 is 40.8. The van der Waals surface area contributed by atoms with Crippen molar-refractivity contribution in [2.24, 2.45) is 0 Å². The summed E-state index contributed by atoms with van der Waals surface area (Å²) >= 11 is 0. The Morgan fingerprint density at radius 2 is 2.05 bits per heavy atom. The molecule has 2 heterocycles. The molecule has 3 rings (SSSR count).